The van der Waals surface area contributed by atoms with E-state index in [0.29, 0.717) is 11.3 Å². The molecule has 1 rings (SSSR count). The van der Waals surface area contributed by atoms with E-state index in [9.17, 15) is 4.79 Å². The number of carbonyl (C=O) groups is 1. The van der Waals surface area contributed by atoms with Gasteiger partial charge < -0.3 is 22.3 Å². The number of hydrogen-bond donors (Lipinski definition) is 4. The summed E-state index contributed by atoms with van der Waals surface area (Å²) < 4.78 is 0. The van der Waals surface area contributed by atoms with Crippen LogP contribution in [0.1, 0.15) is 11.6 Å². The van der Waals surface area contributed by atoms with Crippen LogP contribution in [-0.2, 0) is 4.79 Å². The van der Waals surface area contributed by atoms with Crippen LogP contribution in [-0.4, -0.2) is 11.1 Å². The zero-order chi connectivity index (χ0) is 10.0. The number of nitrogens with two attached hydrogens (primary N) is 3. The molecule has 0 saturated heterocycles. The van der Waals surface area contributed by atoms with Crippen molar-refractivity contribution < 1.29 is 9.90 Å². The minimum absolute atomic E-state index is 0.234. The highest BCUT2D eigenvalue weighted by Gasteiger charge is 2.17. The molecule has 0 aliphatic rings. The van der Waals surface area contributed by atoms with Crippen LogP contribution in [0.15, 0.2) is 18.2 Å². The molecule has 0 unspecified atom stereocenters. The molecule has 5 nitrogen and oxygen atoms in total. The predicted octanol–water partition coefficient (Wildman–Crippen LogP) is -0.0646. The quantitative estimate of drug-likeness (QED) is 0.477. The molecule has 0 heterocycles. The maximum atomic E-state index is 10.5. The molecule has 0 aliphatic carbocycles. The zero-order valence-corrected chi connectivity index (χ0v) is 6.90. The Morgan fingerprint density at radius 3 is 2.54 bits per heavy atom. The molecule has 1 aromatic carbocycles. The normalized spacial score (nSPS) is 12.4. The van der Waals surface area contributed by atoms with Gasteiger partial charge in [-0.3, -0.25) is 4.79 Å². The fourth-order valence-corrected chi connectivity index (χ4v) is 1.01. The number of aliphatic carboxylic acids is 1. The number of nitrogen functional groups attached to an aromatic ring is 2. The molecular weight excluding hydrogens is 170 g/mol. The second kappa shape index (κ2) is 3.32. The molecule has 70 valence electrons. The number of carboxylic acids is 1. The van der Waals surface area contributed by atoms with Crippen LogP contribution < -0.4 is 17.2 Å². The fraction of sp³-hybridized carbons (Fsp3) is 0.125. The van der Waals surface area contributed by atoms with Crippen molar-refractivity contribution in [2.45, 2.75) is 6.04 Å². The summed E-state index contributed by atoms with van der Waals surface area (Å²) in [6, 6.07) is 3.63. The van der Waals surface area contributed by atoms with Crippen molar-refractivity contribution in [2.24, 2.45) is 5.73 Å². The SMILES string of the molecule is Nc1cccc([C@H](N)C(=O)O)c1N. The summed E-state index contributed by atoms with van der Waals surface area (Å²) in [7, 11) is 0. The summed E-state index contributed by atoms with van der Waals surface area (Å²) in [4.78, 5) is 10.5. The van der Waals surface area contributed by atoms with E-state index in [-0.39, 0.29) is 5.69 Å². The Hall–Kier alpha value is -1.75. The molecule has 1 aromatic rings. The maximum Gasteiger partial charge on any atom is 0.325 e. The lowest BCUT2D eigenvalue weighted by Gasteiger charge is -2.11. The second-order valence-electron chi connectivity index (χ2n) is 2.67. The highest BCUT2D eigenvalue weighted by molar-refractivity contribution is 5.80. The highest BCUT2D eigenvalue weighted by Crippen LogP contribution is 2.24. The lowest BCUT2D eigenvalue weighted by molar-refractivity contribution is -0.138. The summed E-state index contributed by atoms with van der Waals surface area (Å²) in [6.07, 6.45) is 0. The lowest BCUT2D eigenvalue weighted by Crippen LogP contribution is -2.22. The van der Waals surface area contributed by atoms with Gasteiger partial charge in [0.2, 0.25) is 0 Å². The first-order valence-electron chi connectivity index (χ1n) is 3.66. The molecule has 13 heavy (non-hydrogen) atoms. The number of rotatable bonds is 2. The van der Waals surface area contributed by atoms with E-state index >= 15 is 0 Å². The number of carboxylic acid groups (broad SMARTS) is 1. The standard InChI is InChI=1S/C8H11N3O2/c9-5-3-1-2-4(6(5)10)7(11)8(12)13/h1-3,7H,9-11H2,(H,12,13)/t7-/m0/s1. The van der Waals surface area contributed by atoms with Crippen LogP contribution >= 0.6 is 0 Å². The van der Waals surface area contributed by atoms with Crippen LogP contribution in [0, 0.1) is 0 Å². The minimum atomic E-state index is -1.13. The van der Waals surface area contributed by atoms with Crippen molar-refractivity contribution in [3.8, 4) is 0 Å². The topological polar surface area (TPSA) is 115 Å². The molecule has 0 radical (unpaired) electrons. The molecule has 1 atom stereocenters. The van der Waals surface area contributed by atoms with Gasteiger partial charge in [0.15, 0.2) is 0 Å². The smallest absolute Gasteiger partial charge is 0.325 e. The van der Waals surface area contributed by atoms with Crippen molar-refractivity contribution in [1.82, 2.24) is 0 Å². The Morgan fingerprint density at radius 2 is 2.00 bits per heavy atom. The van der Waals surface area contributed by atoms with Crippen LogP contribution in [0.2, 0.25) is 0 Å². The van der Waals surface area contributed by atoms with Crippen LogP contribution in [0.3, 0.4) is 0 Å². The van der Waals surface area contributed by atoms with E-state index in [0.717, 1.165) is 0 Å². The van der Waals surface area contributed by atoms with Crippen LogP contribution in [0.5, 0.6) is 0 Å². The monoisotopic (exact) mass is 181 g/mol. The number of hydrogen-bond acceptors (Lipinski definition) is 4. The van der Waals surface area contributed by atoms with E-state index in [1.54, 1.807) is 18.2 Å². The van der Waals surface area contributed by atoms with Gasteiger partial charge in [-0.25, -0.2) is 0 Å². The van der Waals surface area contributed by atoms with Crippen molar-refractivity contribution in [1.29, 1.82) is 0 Å². The summed E-state index contributed by atoms with van der Waals surface area (Å²) in [5, 5.41) is 8.63. The third-order valence-electron chi connectivity index (χ3n) is 1.77. The van der Waals surface area contributed by atoms with Gasteiger partial charge in [0.1, 0.15) is 6.04 Å². The Kier molecular flexibility index (Phi) is 2.39. The van der Waals surface area contributed by atoms with Gasteiger partial charge in [-0.15, -0.1) is 0 Å². The highest BCUT2D eigenvalue weighted by atomic mass is 16.4. The molecule has 0 bridgehead atoms. The van der Waals surface area contributed by atoms with Crippen molar-refractivity contribution in [2.75, 3.05) is 11.5 Å². The first kappa shape index (κ1) is 9.34. The molecule has 0 spiro atoms. The average molecular weight is 181 g/mol. The van der Waals surface area contributed by atoms with Gasteiger partial charge in [0.05, 0.1) is 11.4 Å². The van der Waals surface area contributed by atoms with E-state index in [2.05, 4.69) is 0 Å². The fourth-order valence-electron chi connectivity index (χ4n) is 1.01. The van der Waals surface area contributed by atoms with Crippen molar-refractivity contribution >= 4 is 17.3 Å². The molecule has 0 saturated carbocycles. The predicted molar refractivity (Wildman–Crippen MR) is 49.8 cm³/mol. The molecule has 0 amide bonds. The average Bonchev–Trinajstić information content (AvgIpc) is 2.08. The molecule has 5 heteroatoms. The van der Waals surface area contributed by atoms with Crippen LogP contribution in [0.25, 0.3) is 0 Å². The molecule has 7 N–H and O–H groups in total. The molecular formula is C8H11N3O2. The first-order chi connectivity index (χ1) is 6.04. The Balaban J connectivity index is 3.15. The van der Waals surface area contributed by atoms with Gasteiger partial charge in [0.25, 0.3) is 0 Å². The maximum absolute atomic E-state index is 10.5. The lowest BCUT2D eigenvalue weighted by atomic mass is 10.0. The van der Waals surface area contributed by atoms with Crippen molar-refractivity contribution in [3.63, 3.8) is 0 Å². The summed E-state index contributed by atoms with van der Waals surface area (Å²) in [5.41, 5.74) is 17.3. The molecule has 0 aliphatic heterocycles. The largest absolute Gasteiger partial charge is 0.480 e. The van der Waals surface area contributed by atoms with Gasteiger partial charge >= 0.3 is 5.97 Å². The molecule has 0 aromatic heterocycles. The van der Waals surface area contributed by atoms with E-state index in [1.165, 1.54) is 0 Å². The number of benzene rings is 1. The van der Waals surface area contributed by atoms with Crippen LogP contribution in [0.4, 0.5) is 11.4 Å². The van der Waals surface area contributed by atoms with E-state index < -0.39 is 12.0 Å². The van der Waals surface area contributed by atoms with Gasteiger partial charge in [-0.05, 0) is 6.07 Å². The number of anilines is 2. The van der Waals surface area contributed by atoms with E-state index in [1.807, 2.05) is 0 Å². The second-order valence-corrected chi connectivity index (χ2v) is 2.67. The van der Waals surface area contributed by atoms with Crippen molar-refractivity contribution in [3.05, 3.63) is 23.8 Å². The molecule has 0 fully saturated rings. The zero-order valence-electron chi connectivity index (χ0n) is 6.90. The Morgan fingerprint density at radius 1 is 1.38 bits per heavy atom. The third kappa shape index (κ3) is 1.70. The Labute approximate surface area is 75.1 Å². The first-order valence-corrected chi connectivity index (χ1v) is 3.66. The Bertz CT molecular complexity index is 338. The van der Waals surface area contributed by atoms with Gasteiger partial charge in [-0.1, -0.05) is 12.1 Å². The van der Waals surface area contributed by atoms with Gasteiger partial charge in [0, 0.05) is 5.56 Å². The third-order valence-corrected chi connectivity index (χ3v) is 1.77. The number of para-hydroxylation sites is 1. The van der Waals surface area contributed by atoms with Gasteiger partial charge in [-0.2, -0.15) is 0 Å². The summed E-state index contributed by atoms with van der Waals surface area (Å²) >= 11 is 0. The van der Waals surface area contributed by atoms with E-state index in [4.69, 9.17) is 22.3 Å². The summed E-state index contributed by atoms with van der Waals surface area (Å²) in [5.74, 6) is -1.13. The minimum Gasteiger partial charge on any atom is -0.480 e. The summed E-state index contributed by atoms with van der Waals surface area (Å²) in [6.45, 7) is 0.